The number of likely N-dealkylation sites (tertiary alicyclic amines) is 1. The second-order valence-electron chi connectivity index (χ2n) is 11.3. The summed E-state index contributed by atoms with van der Waals surface area (Å²) in [4.78, 5) is 27.4. The Morgan fingerprint density at radius 2 is 1.76 bits per heavy atom. The molecule has 1 atom stereocenters. The number of amides is 1. The van der Waals surface area contributed by atoms with Crippen LogP contribution in [0.25, 0.3) is 21.9 Å². The molecule has 10 heteroatoms. The zero-order chi connectivity index (χ0) is 28.4. The SMILES string of the molecule is O=C(CC1CCC(c2ccnc3cnc4[nH]ccc4c23)CC1)N1CCCC(COc2ccc(OC(F)(F)F)cc2)C1. The van der Waals surface area contributed by atoms with Crippen molar-refractivity contribution in [1.29, 1.82) is 0 Å². The summed E-state index contributed by atoms with van der Waals surface area (Å²) in [6.45, 7) is 1.82. The number of pyridine rings is 2. The Hall–Kier alpha value is -3.82. The lowest BCUT2D eigenvalue weighted by molar-refractivity contribution is -0.274. The van der Waals surface area contributed by atoms with Crippen molar-refractivity contribution in [2.75, 3.05) is 19.7 Å². The van der Waals surface area contributed by atoms with E-state index in [0.717, 1.165) is 61.6 Å². The number of hydrogen-bond donors (Lipinski definition) is 1. The first kappa shape index (κ1) is 27.4. The number of hydrogen-bond acceptors (Lipinski definition) is 5. The molecule has 1 saturated heterocycles. The molecule has 216 valence electrons. The summed E-state index contributed by atoms with van der Waals surface area (Å²) < 4.78 is 46.8. The van der Waals surface area contributed by atoms with Crippen LogP contribution in [0, 0.1) is 11.8 Å². The number of carbonyl (C=O) groups excluding carboxylic acids is 1. The van der Waals surface area contributed by atoms with Crippen LogP contribution in [-0.2, 0) is 4.79 Å². The first-order valence-electron chi connectivity index (χ1n) is 14.3. The number of halogens is 3. The van der Waals surface area contributed by atoms with E-state index in [0.29, 0.717) is 37.2 Å². The van der Waals surface area contributed by atoms with Crippen molar-refractivity contribution in [3.63, 3.8) is 0 Å². The lowest BCUT2D eigenvalue weighted by Crippen LogP contribution is -2.42. The van der Waals surface area contributed by atoms with Gasteiger partial charge in [-0.05, 0) is 92.3 Å². The minimum absolute atomic E-state index is 0.189. The van der Waals surface area contributed by atoms with Crippen LogP contribution in [0.3, 0.4) is 0 Å². The summed E-state index contributed by atoms with van der Waals surface area (Å²) in [5.41, 5.74) is 3.13. The summed E-state index contributed by atoms with van der Waals surface area (Å²) >= 11 is 0. The number of alkyl halides is 3. The average Bonchev–Trinajstić information content (AvgIpc) is 3.46. The van der Waals surface area contributed by atoms with Crippen LogP contribution in [0.2, 0.25) is 0 Å². The van der Waals surface area contributed by atoms with Gasteiger partial charge >= 0.3 is 6.36 Å². The second-order valence-corrected chi connectivity index (χ2v) is 11.3. The van der Waals surface area contributed by atoms with E-state index in [1.165, 1.54) is 35.2 Å². The highest BCUT2D eigenvalue weighted by Crippen LogP contribution is 2.41. The average molecular weight is 567 g/mol. The largest absolute Gasteiger partial charge is 0.573 e. The number of H-pyrrole nitrogens is 1. The molecule has 1 N–H and O–H groups in total. The van der Waals surface area contributed by atoms with Gasteiger partial charge in [0.1, 0.15) is 17.1 Å². The summed E-state index contributed by atoms with van der Waals surface area (Å²) in [5, 5.41) is 2.30. The van der Waals surface area contributed by atoms with E-state index in [-0.39, 0.29) is 17.6 Å². The molecular formula is C31H33F3N4O3. The minimum Gasteiger partial charge on any atom is -0.493 e. The predicted octanol–water partition coefficient (Wildman–Crippen LogP) is 6.99. The van der Waals surface area contributed by atoms with Gasteiger partial charge < -0.3 is 19.4 Å². The highest BCUT2D eigenvalue weighted by Gasteiger charge is 2.31. The van der Waals surface area contributed by atoms with E-state index in [2.05, 4.69) is 31.8 Å². The molecule has 1 aromatic carbocycles. The third kappa shape index (κ3) is 6.41. The molecule has 1 saturated carbocycles. The number of aromatic nitrogens is 3. The summed E-state index contributed by atoms with van der Waals surface area (Å²) in [7, 11) is 0. The third-order valence-electron chi connectivity index (χ3n) is 8.49. The van der Waals surface area contributed by atoms with Gasteiger partial charge in [0.05, 0.1) is 18.3 Å². The molecule has 0 spiro atoms. The van der Waals surface area contributed by atoms with Crippen LogP contribution in [0.15, 0.2) is 55.0 Å². The molecule has 1 unspecified atom stereocenters. The Balaban J connectivity index is 0.996. The van der Waals surface area contributed by atoms with Crippen LogP contribution in [0.1, 0.15) is 56.4 Å². The Labute approximate surface area is 236 Å². The second kappa shape index (κ2) is 11.6. The van der Waals surface area contributed by atoms with Crippen molar-refractivity contribution >= 4 is 27.8 Å². The lowest BCUT2D eigenvalue weighted by Gasteiger charge is -2.35. The van der Waals surface area contributed by atoms with Crippen LogP contribution in [-0.4, -0.2) is 51.8 Å². The van der Waals surface area contributed by atoms with Crippen LogP contribution < -0.4 is 9.47 Å². The molecule has 7 nitrogen and oxygen atoms in total. The lowest BCUT2D eigenvalue weighted by atomic mass is 9.76. The van der Waals surface area contributed by atoms with Gasteiger partial charge in [0.25, 0.3) is 0 Å². The van der Waals surface area contributed by atoms with E-state index in [4.69, 9.17) is 4.74 Å². The molecule has 4 aromatic rings. The maximum atomic E-state index is 13.2. The first-order valence-corrected chi connectivity index (χ1v) is 14.3. The Bertz CT molecular complexity index is 1500. The van der Waals surface area contributed by atoms with Crippen molar-refractivity contribution in [3.8, 4) is 11.5 Å². The van der Waals surface area contributed by atoms with Gasteiger partial charge in [-0.3, -0.25) is 9.78 Å². The molecule has 2 fully saturated rings. The van der Waals surface area contributed by atoms with E-state index in [1.54, 1.807) is 0 Å². The first-order chi connectivity index (χ1) is 19.8. The van der Waals surface area contributed by atoms with Crippen LogP contribution in [0.5, 0.6) is 11.5 Å². The molecule has 0 bridgehead atoms. The standard InChI is InChI=1S/C31H33F3N4O3/c32-31(33,34)41-24-9-7-23(8-10-24)40-19-21-2-1-15-38(18-21)28(39)16-20-3-5-22(6-4-20)25-11-13-35-27-17-37-30-26(29(25)27)12-14-36-30/h7-14,17,20-22H,1-6,15-16,18-19H2,(H,36,37). The quantitative estimate of drug-likeness (QED) is 0.261. The fourth-order valence-corrected chi connectivity index (χ4v) is 6.45. The molecular weight excluding hydrogens is 533 g/mol. The van der Waals surface area contributed by atoms with Crippen LogP contribution >= 0.6 is 0 Å². The van der Waals surface area contributed by atoms with Crippen molar-refractivity contribution in [2.45, 2.75) is 57.2 Å². The van der Waals surface area contributed by atoms with Gasteiger partial charge in [-0.15, -0.1) is 13.2 Å². The molecule has 41 heavy (non-hydrogen) atoms. The van der Waals surface area contributed by atoms with E-state index < -0.39 is 6.36 Å². The summed E-state index contributed by atoms with van der Waals surface area (Å²) in [6, 6.07) is 9.63. The fraction of sp³-hybridized carbons (Fsp3) is 0.452. The highest BCUT2D eigenvalue weighted by molar-refractivity contribution is 6.05. The fourth-order valence-electron chi connectivity index (χ4n) is 6.45. The number of fused-ring (bicyclic) bond motifs is 3. The zero-order valence-corrected chi connectivity index (χ0v) is 22.7. The van der Waals surface area contributed by atoms with Gasteiger partial charge in [0.2, 0.25) is 5.91 Å². The zero-order valence-electron chi connectivity index (χ0n) is 22.7. The summed E-state index contributed by atoms with van der Waals surface area (Å²) in [6.07, 6.45) is 7.50. The number of nitrogens with one attached hydrogen (secondary N) is 1. The molecule has 2 aliphatic rings. The van der Waals surface area contributed by atoms with Crippen LogP contribution in [0.4, 0.5) is 13.2 Å². The van der Waals surface area contributed by atoms with Gasteiger partial charge in [-0.2, -0.15) is 0 Å². The minimum atomic E-state index is -4.72. The number of piperidine rings is 1. The van der Waals surface area contributed by atoms with E-state index >= 15 is 0 Å². The number of ether oxygens (including phenoxy) is 2. The number of carbonyl (C=O) groups is 1. The molecule has 0 radical (unpaired) electrons. The van der Waals surface area contributed by atoms with E-state index in [9.17, 15) is 18.0 Å². The monoisotopic (exact) mass is 566 g/mol. The molecule has 1 amide bonds. The van der Waals surface area contributed by atoms with Crippen molar-refractivity contribution < 1.29 is 27.4 Å². The van der Waals surface area contributed by atoms with Gasteiger partial charge in [0, 0.05) is 48.6 Å². The maximum absolute atomic E-state index is 13.2. The van der Waals surface area contributed by atoms with Gasteiger partial charge in [-0.1, -0.05) is 0 Å². The van der Waals surface area contributed by atoms with Gasteiger partial charge in [0.15, 0.2) is 0 Å². The highest BCUT2D eigenvalue weighted by atomic mass is 19.4. The van der Waals surface area contributed by atoms with Crippen molar-refractivity contribution in [2.24, 2.45) is 11.8 Å². The normalized spacial score (nSPS) is 21.7. The maximum Gasteiger partial charge on any atom is 0.573 e. The predicted molar refractivity (Wildman–Crippen MR) is 149 cm³/mol. The number of aromatic amines is 1. The number of rotatable bonds is 7. The Morgan fingerprint density at radius 3 is 2.54 bits per heavy atom. The van der Waals surface area contributed by atoms with E-state index in [1.807, 2.05) is 23.5 Å². The smallest absolute Gasteiger partial charge is 0.493 e. The molecule has 1 aliphatic heterocycles. The van der Waals surface area contributed by atoms with Gasteiger partial charge in [-0.25, -0.2) is 4.98 Å². The van der Waals surface area contributed by atoms with Crippen molar-refractivity contribution in [3.05, 3.63) is 60.6 Å². The molecule has 6 rings (SSSR count). The molecule has 3 aromatic heterocycles. The molecule has 4 heterocycles. The molecule has 1 aliphatic carbocycles. The van der Waals surface area contributed by atoms with Crippen molar-refractivity contribution in [1.82, 2.24) is 19.9 Å². The third-order valence-corrected chi connectivity index (χ3v) is 8.49. The number of nitrogens with zero attached hydrogens (tertiary/aromatic N) is 3. The topological polar surface area (TPSA) is 80.3 Å². The Kier molecular flexibility index (Phi) is 7.73. The summed E-state index contributed by atoms with van der Waals surface area (Å²) in [5.74, 6) is 1.43. The number of benzene rings is 1. The Morgan fingerprint density at radius 1 is 0.976 bits per heavy atom.